The summed E-state index contributed by atoms with van der Waals surface area (Å²) in [4.78, 5) is 12.0. The number of hydrogen-bond acceptors (Lipinski definition) is 2. The van der Waals surface area contributed by atoms with Crippen LogP contribution in [0.1, 0.15) is 51.7 Å². The van der Waals surface area contributed by atoms with Gasteiger partial charge in [0.2, 0.25) is 0 Å². The van der Waals surface area contributed by atoms with E-state index in [1.807, 2.05) is 32.0 Å². The van der Waals surface area contributed by atoms with Crippen molar-refractivity contribution < 1.29 is 9.53 Å². The third-order valence-corrected chi connectivity index (χ3v) is 3.72. The third-order valence-electron chi connectivity index (χ3n) is 3.72. The Kier molecular flexibility index (Phi) is 5.38. The van der Waals surface area contributed by atoms with Gasteiger partial charge in [-0.15, -0.1) is 0 Å². The number of benzene rings is 2. The smallest absolute Gasteiger partial charge is 0.308 e. The van der Waals surface area contributed by atoms with Gasteiger partial charge in [-0.1, -0.05) is 69.7 Å². The molecular formula is C19H24O2. The first-order valence-electron chi connectivity index (χ1n) is 7.81. The van der Waals surface area contributed by atoms with Crippen LogP contribution in [0.2, 0.25) is 0 Å². The maximum absolute atomic E-state index is 12.0. The predicted octanol–water partition coefficient (Wildman–Crippen LogP) is 5.27. The van der Waals surface area contributed by atoms with Crippen LogP contribution in [0, 0.1) is 5.92 Å². The van der Waals surface area contributed by atoms with E-state index < -0.39 is 0 Å². The zero-order valence-corrected chi connectivity index (χ0v) is 13.1. The molecule has 112 valence electrons. The summed E-state index contributed by atoms with van der Waals surface area (Å²) in [6, 6.07) is 14.5. The lowest BCUT2D eigenvalue weighted by Crippen LogP contribution is -2.16. The van der Waals surface area contributed by atoms with Gasteiger partial charge in [0.25, 0.3) is 0 Å². The monoisotopic (exact) mass is 284 g/mol. The van der Waals surface area contributed by atoms with Gasteiger partial charge in [0, 0.05) is 5.56 Å². The topological polar surface area (TPSA) is 26.3 Å². The lowest BCUT2D eigenvalue weighted by Gasteiger charge is -2.21. The summed E-state index contributed by atoms with van der Waals surface area (Å²) in [6.07, 6.45) is 2.88. The van der Waals surface area contributed by atoms with Crippen molar-refractivity contribution in [2.24, 2.45) is 5.92 Å². The molecule has 0 fully saturated rings. The van der Waals surface area contributed by atoms with Crippen LogP contribution >= 0.6 is 0 Å². The summed E-state index contributed by atoms with van der Waals surface area (Å²) in [5.74, 6) is -0.215. The minimum absolute atomic E-state index is 0.0934. The molecule has 2 rings (SSSR count). The molecule has 0 saturated carbocycles. The fraction of sp³-hybridized carbons (Fsp3) is 0.421. The van der Waals surface area contributed by atoms with Gasteiger partial charge < -0.3 is 4.74 Å². The van der Waals surface area contributed by atoms with Gasteiger partial charge in [-0.25, -0.2) is 0 Å². The highest BCUT2D eigenvalue weighted by atomic mass is 16.5. The highest BCUT2D eigenvalue weighted by Gasteiger charge is 2.20. The molecule has 2 aromatic carbocycles. The zero-order chi connectivity index (χ0) is 15.2. The minimum Gasteiger partial charge on any atom is -0.457 e. The molecule has 1 atom stereocenters. The first-order chi connectivity index (χ1) is 10.1. The van der Waals surface area contributed by atoms with Gasteiger partial charge in [-0.2, -0.15) is 0 Å². The van der Waals surface area contributed by atoms with Crippen molar-refractivity contribution >= 4 is 16.7 Å². The van der Waals surface area contributed by atoms with Crippen LogP contribution in [-0.2, 0) is 9.53 Å². The average Bonchev–Trinajstić information content (AvgIpc) is 2.50. The van der Waals surface area contributed by atoms with Crippen LogP contribution in [0.15, 0.2) is 42.5 Å². The Morgan fingerprint density at radius 1 is 1.10 bits per heavy atom. The van der Waals surface area contributed by atoms with Gasteiger partial charge in [0.15, 0.2) is 0 Å². The molecule has 0 aromatic heterocycles. The fourth-order valence-corrected chi connectivity index (χ4v) is 2.47. The number of hydrogen-bond donors (Lipinski definition) is 0. The molecule has 2 aromatic rings. The predicted molar refractivity (Wildman–Crippen MR) is 87.1 cm³/mol. The number of carbonyl (C=O) groups excluding carboxylic acids is 1. The van der Waals surface area contributed by atoms with Gasteiger partial charge in [-0.3, -0.25) is 4.79 Å². The molecule has 0 heterocycles. The van der Waals surface area contributed by atoms with Gasteiger partial charge in [0.1, 0.15) is 6.10 Å². The Balaban J connectivity index is 2.36. The lowest BCUT2D eigenvalue weighted by molar-refractivity contribution is -0.153. The largest absolute Gasteiger partial charge is 0.457 e. The molecular weight excluding hydrogens is 260 g/mol. The Hall–Kier alpha value is -1.83. The number of unbranched alkanes of at least 4 members (excludes halogenated alkanes) is 1. The third kappa shape index (κ3) is 3.84. The van der Waals surface area contributed by atoms with Crippen LogP contribution < -0.4 is 0 Å². The van der Waals surface area contributed by atoms with E-state index in [1.54, 1.807) is 0 Å². The SMILES string of the molecule is CCCC[C@@H](OC(=O)C(C)C)c1cccc2ccccc12. The number of fused-ring (bicyclic) bond motifs is 1. The summed E-state index contributed by atoms with van der Waals surface area (Å²) in [5, 5.41) is 2.37. The van der Waals surface area contributed by atoms with Gasteiger partial charge >= 0.3 is 5.97 Å². The van der Waals surface area contributed by atoms with Crippen molar-refractivity contribution in [1.29, 1.82) is 0 Å². The minimum atomic E-state index is -0.147. The van der Waals surface area contributed by atoms with Crippen molar-refractivity contribution in [2.45, 2.75) is 46.1 Å². The van der Waals surface area contributed by atoms with E-state index in [0.29, 0.717) is 0 Å². The fourth-order valence-electron chi connectivity index (χ4n) is 2.47. The summed E-state index contributed by atoms with van der Waals surface area (Å²) in [6.45, 7) is 5.91. The van der Waals surface area contributed by atoms with E-state index in [1.165, 1.54) is 10.8 Å². The molecule has 2 heteroatoms. The first kappa shape index (κ1) is 15.6. The van der Waals surface area contributed by atoms with Crippen molar-refractivity contribution in [3.8, 4) is 0 Å². The highest BCUT2D eigenvalue weighted by molar-refractivity contribution is 5.86. The lowest BCUT2D eigenvalue weighted by atomic mass is 9.97. The molecule has 0 aliphatic heterocycles. The number of esters is 1. The van der Waals surface area contributed by atoms with E-state index in [2.05, 4.69) is 31.2 Å². The Labute approximate surface area is 127 Å². The number of ether oxygens (including phenoxy) is 1. The molecule has 0 aliphatic carbocycles. The standard InChI is InChI=1S/C19H24O2/c1-4-5-13-18(21-19(20)14(2)3)17-12-8-10-15-9-6-7-11-16(15)17/h6-12,14,18H,4-5,13H2,1-3H3/t18-/m1/s1. The quantitative estimate of drug-likeness (QED) is 0.675. The van der Waals surface area contributed by atoms with E-state index >= 15 is 0 Å². The van der Waals surface area contributed by atoms with Crippen molar-refractivity contribution in [3.63, 3.8) is 0 Å². The van der Waals surface area contributed by atoms with Gasteiger partial charge in [-0.05, 0) is 23.6 Å². The Morgan fingerprint density at radius 3 is 2.52 bits per heavy atom. The van der Waals surface area contributed by atoms with Crippen LogP contribution in [0.5, 0.6) is 0 Å². The summed E-state index contributed by atoms with van der Waals surface area (Å²) >= 11 is 0. The van der Waals surface area contributed by atoms with Gasteiger partial charge in [0.05, 0.1) is 5.92 Å². The Bertz CT molecular complexity index is 596. The maximum Gasteiger partial charge on any atom is 0.308 e. The van der Waals surface area contributed by atoms with E-state index in [9.17, 15) is 4.79 Å². The second-order valence-corrected chi connectivity index (χ2v) is 5.79. The van der Waals surface area contributed by atoms with Crippen LogP contribution in [-0.4, -0.2) is 5.97 Å². The highest BCUT2D eigenvalue weighted by Crippen LogP contribution is 2.30. The zero-order valence-electron chi connectivity index (χ0n) is 13.1. The molecule has 0 bridgehead atoms. The van der Waals surface area contributed by atoms with Crippen molar-refractivity contribution in [2.75, 3.05) is 0 Å². The second kappa shape index (κ2) is 7.26. The molecule has 0 amide bonds. The van der Waals surface area contributed by atoms with Crippen LogP contribution in [0.25, 0.3) is 10.8 Å². The number of rotatable bonds is 6. The molecule has 0 N–H and O–H groups in total. The molecule has 0 saturated heterocycles. The Morgan fingerprint density at radius 2 is 1.81 bits per heavy atom. The van der Waals surface area contributed by atoms with Crippen LogP contribution in [0.4, 0.5) is 0 Å². The molecule has 0 spiro atoms. The second-order valence-electron chi connectivity index (χ2n) is 5.79. The van der Waals surface area contributed by atoms with E-state index in [-0.39, 0.29) is 18.0 Å². The van der Waals surface area contributed by atoms with Crippen molar-refractivity contribution in [1.82, 2.24) is 0 Å². The molecule has 0 aliphatic rings. The van der Waals surface area contributed by atoms with E-state index in [0.717, 1.165) is 24.8 Å². The van der Waals surface area contributed by atoms with Crippen molar-refractivity contribution in [3.05, 3.63) is 48.0 Å². The molecule has 0 radical (unpaired) electrons. The molecule has 2 nitrogen and oxygen atoms in total. The van der Waals surface area contributed by atoms with E-state index in [4.69, 9.17) is 4.74 Å². The average molecular weight is 284 g/mol. The molecule has 21 heavy (non-hydrogen) atoms. The summed E-state index contributed by atoms with van der Waals surface area (Å²) in [5.41, 5.74) is 1.12. The number of carbonyl (C=O) groups is 1. The summed E-state index contributed by atoms with van der Waals surface area (Å²) < 4.78 is 5.77. The molecule has 0 unspecified atom stereocenters. The summed E-state index contributed by atoms with van der Waals surface area (Å²) in [7, 11) is 0. The maximum atomic E-state index is 12.0. The van der Waals surface area contributed by atoms with Crippen LogP contribution in [0.3, 0.4) is 0 Å². The first-order valence-corrected chi connectivity index (χ1v) is 7.81. The normalized spacial score (nSPS) is 12.6.